The molecule has 0 unspecified atom stereocenters. The van der Waals surface area contributed by atoms with Crippen LogP contribution < -0.4 is 5.73 Å². The number of benzene rings is 1. The van der Waals surface area contributed by atoms with Crippen molar-refractivity contribution in [2.75, 3.05) is 5.73 Å². The zero-order valence-corrected chi connectivity index (χ0v) is 10.4. The highest BCUT2D eigenvalue weighted by Gasteiger charge is 2.14. The molecule has 3 heteroatoms. The van der Waals surface area contributed by atoms with E-state index in [0.29, 0.717) is 18.2 Å². The molecule has 2 nitrogen and oxygen atoms in total. The van der Waals surface area contributed by atoms with Gasteiger partial charge in [0.25, 0.3) is 0 Å². The predicted molar refractivity (Wildman–Crippen MR) is 69.6 cm³/mol. The predicted octanol–water partition coefficient (Wildman–Crippen LogP) is 3.64. The van der Waals surface area contributed by atoms with Gasteiger partial charge < -0.3 is 5.73 Å². The van der Waals surface area contributed by atoms with Gasteiger partial charge in [0.05, 0.1) is 5.52 Å². The van der Waals surface area contributed by atoms with E-state index >= 15 is 0 Å². The highest BCUT2D eigenvalue weighted by Crippen LogP contribution is 2.30. The SMILES string of the molecule is CCc1c(F)ccc2nc(N)cc(C(C)C)c12. The number of aromatic nitrogens is 1. The van der Waals surface area contributed by atoms with E-state index in [1.165, 1.54) is 6.07 Å². The molecule has 0 saturated carbocycles. The molecule has 2 rings (SSSR count). The van der Waals surface area contributed by atoms with Crippen molar-refractivity contribution in [3.63, 3.8) is 0 Å². The number of nitrogen functional groups attached to an aromatic ring is 1. The minimum atomic E-state index is -0.159. The number of fused-ring (bicyclic) bond motifs is 1. The van der Waals surface area contributed by atoms with Crippen LogP contribution in [0, 0.1) is 5.82 Å². The van der Waals surface area contributed by atoms with E-state index in [-0.39, 0.29) is 5.82 Å². The number of halogens is 1. The average molecular weight is 232 g/mol. The summed E-state index contributed by atoms with van der Waals surface area (Å²) in [4.78, 5) is 4.28. The Morgan fingerprint density at radius 3 is 2.65 bits per heavy atom. The third kappa shape index (κ3) is 1.97. The molecule has 0 atom stereocenters. The topological polar surface area (TPSA) is 38.9 Å². The van der Waals surface area contributed by atoms with Crippen LogP contribution in [0.15, 0.2) is 18.2 Å². The third-order valence-electron chi connectivity index (χ3n) is 3.05. The van der Waals surface area contributed by atoms with E-state index in [0.717, 1.165) is 22.0 Å². The van der Waals surface area contributed by atoms with Crippen LogP contribution in [0.2, 0.25) is 0 Å². The van der Waals surface area contributed by atoms with Gasteiger partial charge in [0.1, 0.15) is 11.6 Å². The van der Waals surface area contributed by atoms with Crippen molar-refractivity contribution in [2.45, 2.75) is 33.1 Å². The summed E-state index contributed by atoms with van der Waals surface area (Å²) < 4.78 is 13.8. The number of hydrogen-bond donors (Lipinski definition) is 1. The summed E-state index contributed by atoms with van der Waals surface area (Å²) in [6.07, 6.45) is 0.661. The Kier molecular flexibility index (Phi) is 3.01. The van der Waals surface area contributed by atoms with Crippen molar-refractivity contribution in [1.29, 1.82) is 0 Å². The molecule has 0 aliphatic heterocycles. The van der Waals surface area contributed by atoms with Crippen LogP contribution in [0.5, 0.6) is 0 Å². The van der Waals surface area contributed by atoms with Crippen molar-refractivity contribution in [2.24, 2.45) is 0 Å². The van der Waals surface area contributed by atoms with Gasteiger partial charge in [0.15, 0.2) is 0 Å². The molecule has 2 N–H and O–H groups in total. The number of rotatable bonds is 2. The molecular weight excluding hydrogens is 215 g/mol. The zero-order valence-electron chi connectivity index (χ0n) is 10.4. The van der Waals surface area contributed by atoms with Crippen molar-refractivity contribution in [3.05, 3.63) is 35.1 Å². The van der Waals surface area contributed by atoms with E-state index in [4.69, 9.17) is 5.73 Å². The van der Waals surface area contributed by atoms with Gasteiger partial charge in [-0.3, -0.25) is 0 Å². The summed E-state index contributed by atoms with van der Waals surface area (Å²) in [6.45, 7) is 6.12. The summed E-state index contributed by atoms with van der Waals surface area (Å²) >= 11 is 0. The van der Waals surface area contributed by atoms with E-state index in [9.17, 15) is 4.39 Å². The van der Waals surface area contributed by atoms with Gasteiger partial charge in [-0.2, -0.15) is 0 Å². The first kappa shape index (κ1) is 11.8. The van der Waals surface area contributed by atoms with E-state index in [1.54, 1.807) is 6.07 Å². The van der Waals surface area contributed by atoms with Crippen molar-refractivity contribution >= 4 is 16.7 Å². The first-order valence-corrected chi connectivity index (χ1v) is 5.92. The Morgan fingerprint density at radius 2 is 2.06 bits per heavy atom. The van der Waals surface area contributed by atoms with Crippen LogP contribution in [0.3, 0.4) is 0 Å². The molecule has 2 aromatic rings. The van der Waals surface area contributed by atoms with Gasteiger partial charge >= 0.3 is 0 Å². The van der Waals surface area contributed by atoms with Crippen LogP contribution >= 0.6 is 0 Å². The summed E-state index contributed by atoms with van der Waals surface area (Å²) in [6, 6.07) is 5.02. The lowest BCUT2D eigenvalue weighted by molar-refractivity contribution is 0.614. The fourth-order valence-corrected chi connectivity index (χ4v) is 2.23. The molecule has 0 spiro atoms. The lowest BCUT2D eigenvalue weighted by Gasteiger charge is -2.14. The monoisotopic (exact) mass is 232 g/mol. The fraction of sp³-hybridized carbons (Fsp3) is 0.357. The second kappa shape index (κ2) is 4.32. The van der Waals surface area contributed by atoms with Crippen molar-refractivity contribution < 1.29 is 4.39 Å². The van der Waals surface area contributed by atoms with Crippen molar-refractivity contribution in [3.8, 4) is 0 Å². The lowest BCUT2D eigenvalue weighted by atomic mass is 9.94. The maximum atomic E-state index is 13.8. The highest BCUT2D eigenvalue weighted by atomic mass is 19.1. The van der Waals surface area contributed by atoms with Crippen LogP contribution in [0.4, 0.5) is 10.2 Å². The van der Waals surface area contributed by atoms with Gasteiger partial charge in [-0.05, 0) is 41.7 Å². The maximum Gasteiger partial charge on any atom is 0.127 e. The number of nitrogens with two attached hydrogens (primary N) is 1. The maximum absolute atomic E-state index is 13.8. The van der Waals surface area contributed by atoms with Crippen LogP contribution in [0.1, 0.15) is 37.8 Å². The molecule has 0 bridgehead atoms. The van der Waals surface area contributed by atoms with Gasteiger partial charge in [0, 0.05) is 5.39 Å². The van der Waals surface area contributed by atoms with Crippen molar-refractivity contribution in [1.82, 2.24) is 4.98 Å². The molecule has 90 valence electrons. The first-order chi connectivity index (χ1) is 8.04. The fourth-order valence-electron chi connectivity index (χ4n) is 2.23. The molecule has 0 aliphatic rings. The normalized spacial score (nSPS) is 11.4. The van der Waals surface area contributed by atoms with Gasteiger partial charge in [-0.15, -0.1) is 0 Å². The van der Waals surface area contributed by atoms with E-state index in [1.807, 2.05) is 13.0 Å². The Bertz CT molecular complexity index is 562. The molecule has 0 amide bonds. The smallest absolute Gasteiger partial charge is 0.127 e. The largest absolute Gasteiger partial charge is 0.384 e. The summed E-state index contributed by atoms with van der Waals surface area (Å²) in [5.74, 6) is 0.637. The molecule has 1 heterocycles. The lowest BCUT2D eigenvalue weighted by Crippen LogP contribution is -2.01. The minimum Gasteiger partial charge on any atom is -0.384 e. The Labute approximate surface area is 101 Å². The summed E-state index contributed by atoms with van der Waals surface area (Å²) in [5.41, 5.74) is 8.38. The molecule has 1 aromatic heterocycles. The Morgan fingerprint density at radius 1 is 1.35 bits per heavy atom. The van der Waals surface area contributed by atoms with Gasteiger partial charge in [-0.1, -0.05) is 20.8 Å². The second-order valence-electron chi connectivity index (χ2n) is 4.56. The molecule has 0 radical (unpaired) electrons. The molecule has 17 heavy (non-hydrogen) atoms. The average Bonchev–Trinajstić information content (AvgIpc) is 2.28. The third-order valence-corrected chi connectivity index (χ3v) is 3.05. The van der Waals surface area contributed by atoms with Gasteiger partial charge in [-0.25, -0.2) is 9.37 Å². The summed E-state index contributed by atoms with van der Waals surface area (Å²) in [5, 5.41) is 0.928. The second-order valence-corrected chi connectivity index (χ2v) is 4.56. The van der Waals surface area contributed by atoms with Gasteiger partial charge in [0.2, 0.25) is 0 Å². The summed E-state index contributed by atoms with van der Waals surface area (Å²) in [7, 11) is 0. The highest BCUT2D eigenvalue weighted by molar-refractivity contribution is 5.87. The quantitative estimate of drug-likeness (QED) is 0.858. The van der Waals surface area contributed by atoms with Crippen LogP contribution in [0.25, 0.3) is 10.9 Å². The molecular formula is C14H17FN2. The van der Waals surface area contributed by atoms with Crippen LogP contribution in [-0.4, -0.2) is 4.98 Å². The molecule has 0 aliphatic carbocycles. The zero-order chi connectivity index (χ0) is 12.6. The Balaban J connectivity index is 2.91. The number of hydrogen-bond acceptors (Lipinski definition) is 2. The number of aryl methyl sites for hydroxylation is 1. The van der Waals surface area contributed by atoms with E-state index in [2.05, 4.69) is 18.8 Å². The molecule has 1 aromatic carbocycles. The van der Waals surface area contributed by atoms with E-state index < -0.39 is 0 Å². The molecule has 0 fully saturated rings. The molecule has 0 saturated heterocycles. The number of nitrogens with zero attached hydrogens (tertiary/aromatic N) is 1. The standard InChI is InChI=1S/C14H17FN2/c1-4-9-11(15)5-6-12-14(9)10(8(2)3)7-13(16)17-12/h5-8H,4H2,1-3H3,(H2,16,17). The first-order valence-electron chi connectivity index (χ1n) is 5.92. The number of pyridine rings is 1. The van der Waals surface area contributed by atoms with Crippen LogP contribution in [-0.2, 0) is 6.42 Å². The number of anilines is 1. The minimum absolute atomic E-state index is 0.159. The Hall–Kier alpha value is -1.64.